The Balaban J connectivity index is 2.86. The number of primary amides is 1. The summed E-state index contributed by atoms with van der Waals surface area (Å²) in [6.45, 7) is 4.90. The maximum absolute atomic E-state index is 11.3. The molecule has 0 aliphatic heterocycles. The summed E-state index contributed by atoms with van der Waals surface area (Å²) in [4.78, 5) is 11.3. The van der Waals surface area contributed by atoms with Crippen LogP contribution in [0.2, 0.25) is 0 Å². The zero-order valence-corrected chi connectivity index (χ0v) is 9.34. The average Bonchev–Trinajstić information content (AvgIpc) is 2.17. The number of hydrogen-bond acceptors (Lipinski definition) is 2. The lowest BCUT2D eigenvalue weighted by Crippen LogP contribution is -2.16. The lowest BCUT2D eigenvalue weighted by Gasteiger charge is -2.11. The van der Waals surface area contributed by atoms with Gasteiger partial charge in [0.15, 0.2) is 0 Å². The van der Waals surface area contributed by atoms with Crippen molar-refractivity contribution in [3.05, 3.63) is 29.3 Å². The lowest BCUT2D eigenvalue weighted by molar-refractivity contribution is 0.100. The topological polar surface area (TPSA) is 55.1 Å². The molecule has 0 aromatic heterocycles. The molecule has 3 heteroatoms. The Kier molecular flexibility index (Phi) is 4.16. The first-order valence-electron chi connectivity index (χ1n) is 5.30. The number of carbonyl (C=O) groups is 1. The van der Waals surface area contributed by atoms with Crippen LogP contribution < -0.4 is 11.1 Å². The molecule has 1 amide bonds. The highest BCUT2D eigenvalue weighted by atomic mass is 16.1. The number of hydrogen-bond donors (Lipinski definition) is 2. The Morgan fingerprint density at radius 1 is 1.47 bits per heavy atom. The van der Waals surface area contributed by atoms with E-state index in [9.17, 15) is 4.79 Å². The molecule has 0 saturated carbocycles. The third-order valence-electron chi connectivity index (χ3n) is 2.36. The van der Waals surface area contributed by atoms with Gasteiger partial charge in [0.25, 0.3) is 5.91 Å². The average molecular weight is 206 g/mol. The van der Waals surface area contributed by atoms with E-state index in [0.717, 1.165) is 30.6 Å². The zero-order valence-electron chi connectivity index (χ0n) is 9.34. The summed E-state index contributed by atoms with van der Waals surface area (Å²) in [5.74, 6) is -0.368. The van der Waals surface area contributed by atoms with Crippen LogP contribution in [-0.2, 0) is 0 Å². The highest BCUT2D eigenvalue weighted by molar-refractivity contribution is 5.99. The van der Waals surface area contributed by atoms with E-state index < -0.39 is 0 Å². The van der Waals surface area contributed by atoms with Gasteiger partial charge in [-0.05, 0) is 25.0 Å². The standard InChI is InChI=1S/C12H18N2O/c1-3-4-8-14-10-7-5-6-9(2)11(10)12(13)15/h5-7,14H,3-4,8H2,1-2H3,(H2,13,15). The Labute approximate surface area is 90.7 Å². The maximum atomic E-state index is 11.3. The Hall–Kier alpha value is -1.51. The Bertz CT molecular complexity index is 347. The van der Waals surface area contributed by atoms with Crippen molar-refractivity contribution in [2.75, 3.05) is 11.9 Å². The SMILES string of the molecule is CCCCNc1cccc(C)c1C(N)=O. The van der Waals surface area contributed by atoms with Crippen LogP contribution in [0, 0.1) is 6.92 Å². The van der Waals surface area contributed by atoms with Crippen molar-refractivity contribution in [3.8, 4) is 0 Å². The van der Waals surface area contributed by atoms with Crippen molar-refractivity contribution in [2.24, 2.45) is 5.73 Å². The molecule has 1 aromatic carbocycles. The van der Waals surface area contributed by atoms with Crippen molar-refractivity contribution >= 4 is 11.6 Å². The van der Waals surface area contributed by atoms with Crippen molar-refractivity contribution < 1.29 is 4.79 Å². The van der Waals surface area contributed by atoms with Gasteiger partial charge >= 0.3 is 0 Å². The normalized spacial score (nSPS) is 10.0. The minimum Gasteiger partial charge on any atom is -0.384 e. The van der Waals surface area contributed by atoms with Gasteiger partial charge < -0.3 is 11.1 Å². The van der Waals surface area contributed by atoms with Gasteiger partial charge in [0.1, 0.15) is 0 Å². The third kappa shape index (κ3) is 2.98. The molecule has 0 atom stereocenters. The van der Waals surface area contributed by atoms with Gasteiger partial charge in [0.2, 0.25) is 0 Å². The second-order valence-electron chi connectivity index (χ2n) is 3.64. The fraction of sp³-hybridized carbons (Fsp3) is 0.417. The number of nitrogens with one attached hydrogen (secondary N) is 1. The van der Waals surface area contributed by atoms with E-state index in [2.05, 4.69) is 12.2 Å². The van der Waals surface area contributed by atoms with Crippen molar-refractivity contribution in [3.63, 3.8) is 0 Å². The minimum atomic E-state index is -0.368. The minimum absolute atomic E-state index is 0.368. The van der Waals surface area contributed by atoms with E-state index in [1.165, 1.54) is 0 Å². The number of carbonyl (C=O) groups excluding carboxylic acids is 1. The molecular weight excluding hydrogens is 188 g/mol. The van der Waals surface area contributed by atoms with Crippen molar-refractivity contribution in [1.29, 1.82) is 0 Å². The van der Waals surface area contributed by atoms with Gasteiger partial charge in [-0.3, -0.25) is 4.79 Å². The van der Waals surface area contributed by atoms with Crippen molar-refractivity contribution in [2.45, 2.75) is 26.7 Å². The molecule has 0 saturated heterocycles. The molecule has 0 bridgehead atoms. The first-order chi connectivity index (χ1) is 7.16. The number of anilines is 1. The van der Waals surface area contributed by atoms with Crippen LogP contribution in [-0.4, -0.2) is 12.5 Å². The predicted octanol–water partition coefficient (Wildman–Crippen LogP) is 2.31. The second kappa shape index (κ2) is 5.39. The van der Waals surface area contributed by atoms with Crippen LogP contribution in [0.25, 0.3) is 0 Å². The quantitative estimate of drug-likeness (QED) is 0.726. The van der Waals surface area contributed by atoms with E-state index in [-0.39, 0.29) is 5.91 Å². The summed E-state index contributed by atoms with van der Waals surface area (Å²) in [6, 6.07) is 5.71. The molecule has 0 spiro atoms. The number of unbranched alkanes of at least 4 members (excludes halogenated alkanes) is 1. The summed E-state index contributed by atoms with van der Waals surface area (Å²) in [5.41, 5.74) is 7.71. The van der Waals surface area contributed by atoms with E-state index in [1.54, 1.807) is 0 Å². The molecule has 0 aliphatic rings. The van der Waals surface area contributed by atoms with Gasteiger partial charge in [-0.1, -0.05) is 25.5 Å². The van der Waals surface area contributed by atoms with E-state index in [4.69, 9.17) is 5.73 Å². The molecule has 3 nitrogen and oxygen atoms in total. The van der Waals surface area contributed by atoms with E-state index in [0.29, 0.717) is 5.56 Å². The van der Waals surface area contributed by atoms with Crippen LogP contribution in [0.5, 0.6) is 0 Å². The highest BCUT2D eigenvalue weighted by Crippen LogP contribution is 2.18. The number of benzene rings is 1. The number of amides is 1. The van der Waals surface area contributed by atoms with Crippen LogP contribution in [0.4, 0.5) is 5.69 Å². The van der Waals surface area contributed by atoms with Gasteiger partial charge in [-0.25, -0.2) is 0 Å². The molecule has 82 valence electrons. The summed E-state index contributed by atoms with van der Waals surface area (Å²) in [5, 5.41) is 3.24. The van der Waals surface area contributed by atoms with Gasteiger partial charge in [-0.2, -0.15) is 0 Å². The highest BCUT2D eigenvalue weighted by Gasteiger charge is 2.09. The molecular formula is C12H18N2O. The maximum Gasteiger partial charge on any atom is 0.251 e. The van der Waals surface area contributed by atoms with Crippen LogP contribution in [0.1, 0.15) is 35.7 Å². The summed E-state index contributed by atoms with van der Waals surface area (Å²) >= 11 is 0. The number of nitrogens with two attached hydrogens (primary N) is 1. The van der Waals surface area contributed by atoms with Gasteiger partial charge in [0, 0.05) is 12.2 Å². The zero-order chi connectivity index (χ0) is 11.3. The van der Waals surface area contributed by atoms with Crippen LogP contribution >= 0.6 is 0 Å². The fourth-order valence-corrected chi connectivity index (χ4v) is 1.54. The summed E-state index contributed by atoms with van der Waals surface area (Å²) < 4.78 is 0. The molecule has 0 radical (unpaired) electrons. The molecule has 1 aromatic rings. The molecule has 0 fully saturated rings. The number of rotatable bonds is 5. The molecule has 3 N–H and O–H groups in total. The Morgan fingerprint density at radius 3 is 2.80 bits per heavy atom. The Morgan fingerprint density at radius 2 is 2.20 bits per heavy atom. The summed E-state index contributed by atoms with van der Waals surface area (Å²) in [6.07, 6.45) is 2.22. The number of aryl methyl sites for hydroxylation is 1. The smallest absolute Gasteiger partial charge is 0.251 e. The van der Waals surface area contributed by atoms with Crippen LogP contribution in [0.3, 0.4) is 0 Å². The third-order valence-corrected chi connectivity index (χ3v) is 2.36. The van der Waals surface area contributed by atoms with Gasteiger partial charge in [0.05, 0.1) is 5.56 Å². The first-order valence-corrected chi connectivity index (χ1v) is 5.30. The first kappa shape index (κ1) is 11.6. The molecule has 0 heterocycles. The lowest BCUT2D eigenvalue weighted by atomic mass is 10.1. The van der Waals surface area contributed by atoms with Crippen LogP contribution in [0.15, 0.2) is 18.2 Å². The molecule has 1 rings (SSSR count). The van der Waals surface area contributed by atoms with Gasteiger partial charge in [-0.15, -0.1) is 0 Å². The van der Waals surface area contributed by atoms with Crippen molar-refractivity contribution in [1.82, 2.24) is 0 Å². The molecule has 15 heavy (non-hydrogen) atoms. The largest absolute Gasteiger partial charge is 0.384 e. The molecule has 0 aliphatic carbocycles. The predicted molar refractivity (Wildman–Crippen MR) is 63.1 cm³/mol. The van der Waals surface area contributed by atoms with E-state index >= 15 is 0 Å². The fourth-order valence-electron chi connectivity index (χ4n) is 1.54. The molecule has 0 unspecified atom stereocenters. The second-order valence-corrected chi connectivity index (χ2v) is 3.64. The monoisotopic (exact) mass is 206 g/mol. The van der Waals surface area contributed by atoms with E-state index in [1.807, 2.05) is 25.1 Å². The summed E-state index contributed by atoms with van der Waals surface area (Å²) in [7, 11) is 0.